The summed E-state index contributed by atoms with van der Waals surface area (Å²) in [5.41, 5.74) is 8.10. The van der Waals surface area contributed by atoms with Gasteiger partial charge in [-0.15, -0.1) is 0 Å². The van der Waals surface area contributed by atoms with Gasteiger partial charge < -0.3 is 16.0 Å². The average Bonchev–Trinajstić information content (AvgIpc) is 2.75. The molecule has 1 aliphatic heterocycles. The van der Waals surface area contributed by atoms with Crippen molar-refractivity contribution in [3.8, 4) is 0 Å². The molecule has 2 amide bonds. The minimum absolute atomic E-state index is 0.162. The Labute approximate surface area is 112 Å². The van der Waals surface area contributed by atoms with Gasteiger partial charge in [0.25, 0.3) is 0 Å². The average molecular weight is 261 g/mol. The van der Waals surface area contributed by atoms with Crippen molar-refractivity contribution in [2.75, 3.05) is 16.8 Å². The lowest BCUT2D eigenvalue weighted by atomic mass is 10.1. The Kier molecular flexibility index (Phi) is 3.85. The molecule has 3 N–H and O–H groups in total. The van der Waals surface area contributed by atoms with Crippen molar-refractivity contribution >= 4 is 23.2 Å². The van der Waals surface area contributed by atoms with Crippen LogP contribution in [0.5, 0.6) is 0 Å². The van der Waals surface area contributed by atoms with Gasteiger partial charge in [-0.1, -0.05) is 0 Å². The third-order valence-electron chi connectivity index (χ3n) is 3.24. The lowest BCUT2D eigenvalue weighted by Crippen LogP contribution is -2.32. The van der Waals surface area contributed by atoms with E-state index in [0.717, 1.165) is 24.2 Å². The standard InChI is InChI=1S/C14H19N3O2/c1-9-8-11(16-14(19)10(2)15)5-6-12(9)17-7-3-4-13(17)18/h5-6,8,10H,3-4,7,15H2,1-2H3,(H,16,19). The molecule has 1 fully saturated rings. The Balaban J connectivity index is 2.17. The van der Waals surface area contributed by atoms with Crippen LogP contribution in [0.4, 0.5) is 11.4 Å². The van der Waals surface area contributed by atoms with E-state index in [9.17, 15) is 9.59 Å². The van der Waals surface area contributed by atoms with Crippen molar-refractivity contribution < 1.29 is 9.59 Å². The Morgan fingerprint density at radius 1 is 1.47 bits per heavy atom. The van der Waals surface area contributed by atoms with Crippen molar-refractivity contribution in [3.05, 3.63) is 23.8 Å². The van der Waals surface area contributed by atoms with Gasteiger partial charge in [-0.2, -0.15) is 0 Å². The van der Waals surface area contributed by atoms with Crippen molar-refractivity contribution in [2.45, 2.75) is 32.7 Å². The number of carbonyl (C=O) groups is 2. The number of carbonyl (C=O) groups excluding carboxylic acids is 2. The topological polar surface area (TPSA) is 75.4 Å². The number of amides is 2. The van der Waals surface area contributed by atoms with Gasteiger partial charge in [0.15, 0.2) is 0 Å². The predicted molar refractivity (Wildman–Crippen MR) is 75.0 cm³/mol. The molecule has 1 aromatic rings. The van der Waals surface area contributed by atoms with Gasteiger partial charge in [0.05, 0.1) is 6.04 Å². The number of rotatable bonds is 3. The van der Waals surface area contributed by atoms with Crippen LogP contribution in [-0.4, -0.2) is 24.4 Å². The Bertz CT molecular complexity index is 511. The van der Waals surface area contributed by atoms with Crippen molar-refractivity contribution in [2.24, 2.45) is 5.73 Å². The van der Waals surface area contributed by atoms with E-state index >= 15 is 0 Å². The second kappa shape index (κ2) is 5.40. The van der Waals surface area contributed by atoms with E-state index in [-0.39, 0.29) is 11.8 Å². The zero-order valence-electron chi connectivity index (χ0n) is 11.3. The summed E-state index contributed by atoms with van der Waals surface area (Å²) in [5, 5.41) is 2.74. The second-order valence-electron chi connectivity index (χ2n) is 4.93. The summed E-state index contributed by atoms with van der Waals surface area (Å²) < 4.78 is 0. The maximum absolute atomic E-state index is 11.7. The molecular weight excluding hydrogens is 242 g/mol. The molecule has 0 saturated carbocycles. The van der Waals surface area contributed by atoms with E-state index in [0.29, 0.717) is 12.1 Å². The fraction of sp³-hybridized carbons (Fsp3) is 0.429. The van der Waals surface area contributed by atoms with E-state index < -0.39 is 6.04 Å². The van der Waals surface area contributed by atoms with Crippen LogP contribution in [0.2, 0.25) is 0 Å². The van der Waals surface area contributed by atoms with Crippen molar-refractivity contribution in [1.29, 1.82) is 0 Å². The summed E-state index contributed by atoms with van der Waals surface area (Å²) in [6.45, 7) is 4.34. The SMILES string of the molecule is Cc1cc(NC(=O)C(C)N)ccc1N1CCCC1=O. The molecule has 1 aliphatic rings. The van der Waals surface area contributed by atoms with E-state index in [1.807, 2.05) is 19.1 Å². The highest BCUT2D eigenvalue weighted by atomic mass is 16.2. The maximum atomic E-state index is 11.7. The molecule has 5 heteroatoms. The minimum Gasteiger partial charge on any atom is -0.325 e. The summed E-state index contributed by atoms with van der Waals surface area (Å²) >= 11 is 0. The molecule has 102 valence electrons. The summed E-state index contributed by atoms with van der Waals surface area (Å²) in [4.78, 5) is 25.0. The first-order chi connectivity index (χ1) is 8.99. The first kappa shape index (κ1) is 13.5. The van der Waals surface area contributed by atoms with Gasteiger partial charge in [0, 0.05) is 24.3 Å². The number of aryl methyl sites for hydroxylation is 1. The maximum Gasteiger partial charge on any atom is 0.240 e. The quantitative estimate of drug-likeness (QED) is 0.863. The van der Waals surface area contributed by atoms with Crippen LogP contribution in [0.25, 0.3) is 0 Å². The van der Waals surface area contributed by atoms with Crippen LogP contribution in [0.3, 0.4) is 0 Å². The summed E-state index contributed by atoms with van der Waals surface area (Å²) in [7, 11) is 0. The fourth-order valence-electron chi connectivity index (χ4n) is 2.20. The van der Waals surface area contributed by atoms with Crippen LogP contribution in [-0.2, 0) is 9.59 Å². The molecule has 5 nitrogen and oxygen atoms in total. The van der Waals surface area contributed by atoms with Crippen molar-refractivity contribution in [1.82, 2.24) is 0 Å². The molecule has 0 bridgehead atoms. The molecule has 0 aliphatic carbocycles. The Morgan fingerprint density at radius 2 is 2.21 bits per heavy atom. The summed E-state index contributed by atoms with van der Waals surface area (Å²) in [6.07, 6.45) is 1.52. The van der Waals surface area contributed by atoms with Gasteiger partial charge >= 0.3 is 0 Å². The lowest BCUT2D eigenvalue weighted by molar-refractivity contribution is -0.117. The number of nitrogens with two attached hydrogens (primary N) is 1. The Hall–Kier alpha value is -1.88. The van der Waals surface area contributed by atoms with Crippen LogP contribution in [0.15, 0.2) is 18.2 Å². The second-order valence-corrected chi connectivity index (χ2v) is 4.93. The zero-order valence-corrected chi connectivity index (χ0v) is 11.3. The van der Waals surface area contributed by atoms with Crippen molar-refractivity contribution in [3.63, 3.8) is 0 Å². The van der Waals surface area contributed by atoms with E-state index in [1.54, 1.807) is 17.9 Å². The molecule has 0 spiro atoms. The molecular formula is C14H19N3O2. The number of anilines is 2. The Morgan fingerprint density at radius 3 is 2.74 bits per heavy atom. The van der Waals surface area contributed by atoms with Crippen LogP contribution < -0.4 is 16.0 Å². The number of hydrogen-bond acceptors (Lipinski definition) is 3. The first-order valence-corrected chi connectivity index (χ1v) is 6.46. The third kappa shape index (κ3) is 2.93. The molecule has 0 radical (unpaired) electrons. The summed E-state index contributed by atoms with van der Waals surface area (Å²) in [5.74, 6) is -0.0557. The molecule has 1 aromatic carbocycles. The largest absolute Gasteiger partial charge is 0.325 e. The smallest absolute Gasteiger partial charge is 0.240 e. The zero-order chi connectivity index (χ0) is 14.0. The van der Waals surface area contributed by atoms with Gasteiger partial charge in [0.1, 0.15) is 0 Å². The fourth-order valence-corrected chi connectivity index (χ4v) is 2.20. The molecule has 1 heterocycles. The molecule has 1 saturated heterocycles. The number of hydrogen-bond donors (Lipinski definition) is 2. The van der Waals surface area contributed by atoms with Gasteiger partial charge in [0.2, 0.25) is 11.8 Å². The van der Waals surface area contributed by atoms with E-state index in [4.69, 9.17) is 5.73 Å². The highest BCUT2D eigenvalue weighted by Gasteiger charge is 2.23. The molecule has 1 unspecified atom stereocenters. The third-order valence-corrected chi connectivity index (χ3v) is 3.24. The number of benzene rings is 1. The predicted octanol–water partition coefficient (Wildman–Crippen LogP) is 1.41. The first-order valence-electron chi connectivity index (χ1n) is 6.46. The molecule has 2 rings (SSSR count). The minimum atomic E-state index is -0.542. The molecule has 19 heavy (non-hydrogen) atoms. The van der Waals surface area contributed by atoms with E-state index in [1.165, 1.54) is 0 Å². The van der Waals surface area contributed by atoms with E-state index in [2.05, 4.69) is 5.32 Å². The lowest BCUT2D eigenvalue weighted by Gasteiger charge is -2.19. The summed E-state index contributed by atoms with van der Waals surface area (Å²) in [6, 6.07) is 4.99. The van der Waals surface area contributed by atoms with Crippen LogP contribution in [0, 0.1) is 6.92 Å². The van der Waals surface area contributed by atoms with Gasteiger partial charge in [-0.05, 0) is 44.0 Å². The number of nitrogens with one attached hydrogen (secondary N) is 1. The number of nitrogens with zero attached hydrogens (tertiary/aromatic N) is 1. The molecule has 1 atom stereocenters. The van der Waals surface area contributed by atoms with Crippen LogP contribution in [0.1, 0.15) is 25.3 Å². The van der Waals surface area contributed by atoms with Gasteiger partial charge in [-0.3, -0.25) is 9.59 Å². The normalized spacial score (nSPS) is 16.6. The highest BCUT2D eigenvalue weighted by Crippen LogP contribution is 2.27. The van der Waals surface area contributed by atoms with Gasteiger partial charge in [-0.25, -0.2) is 0 Å². The molecule has 0 aromatic heterocycles. The monoisotopic (exact) mass is 261 g/mol. The van der Waals surface area contributed by atoms with Crippen LogP contribution >= 0.6 is 0 Å². The highest BCUT2D eigenvalue weighted by molar-refractivity contribution is 5.97.